The minimum Gasteiger partial charge on any atom is -0.375 e. The van der Waals surface area contributed by atoms with Crippen molar-refractivity contribution in [2.24, 2.45) is 0 Å². The number of rotatable bonds is 5. The zero-order chi connectivity index (χ0) is 22.9. The lowest BCUT2D eigenvalue weighted by Gasteiger charge is -2.31. The van der Waals surface area contributed by atoms with Crippen LogP contribution in [0.15, 0.2) is 24.7 Å². The summed E-state index contributed by atoms with van der Waals surface area (Å²) in [6, 6.07) is 1.92. The van der Waals surface area contributed by atoms with Crippen molar-refractivity contribution in [2.75, 3.05) is 29.9 Å². The van der Waals surface area contributed by atoms with E-state index in [9.17, 15) is 13.6 Å². The number of aromatic nitrogens is 5. The number of nitrogens with one attached hydrogen (secondary N) is 1. The van der Waals surface area contributed by atoms with Crippen molar-refractivity contribution >= 4 is 23.1 Å². The van der Waals surface area contributed by atoms with E-state index in [1.54, 1.807) is 10.9 Å². The number of alkyl halides is 2. The first-order chi connectivity index (χ1) is 16.0. The molecule has 0 aromatic carbocycles. The third-order valence-corrected chi connectivity index (χ3v) is 6.33. The maximum atomic E-state index is 13.7. The number of hydrogen-bond donors (Lipinski definition) is 1. The van der Waals surface area contributed by atoms with Gasteiger partial charge in [-0.15, -0.1) is 0 Å². The van der Waals surface area contributed by atoms with Crippen LogP contribution in [0.5, 0.6) is 0 Å². The first kappa shape index (κ1) is 21.7. The Bertz CT molecular complexity index is 1140. The Kier molecular flexibility index (Phi) is 5.96. The summed E-state index contributed by atoms with van der Waals surface area (Å²) < 4.78 is 36.0. The van der Waals surface area contributed by atoms with Gasteiger partial charge in [-0.3, -0.25) is 9.48 Å². The molecule has 9 nitrogen and oxygen atoms in total. The summed E-state index contributed by atoms with van der Waals surface area (Å²) >= 11 is 0. The van der Waals surface area contributed by atoms with E-state index < -0.39 is 18.0 Å². The SMILES string of the molecule is CC1CN(c2ccn3ncc(C(=O)Nc4cn(C5CCCCC5)nc4C(F)F)c3n2)CCO1. The van der Waals surface area contributed by atoms with Gasteiger partial charge in [0.05, 0.1) is 30.6 Å². The molecule has 4 heterocycles. The summed E-state index contributed by atoms with van der Waals surface area (Å²) in [6.07, 6.45) is 7.00. The molecule has 2 aliphatic rings. The second-order valence-electron chi connectivity index (χ2n) is 8.69. The van der Waals surface area contributed by atoms with Gasteiger partial charge in [-0.05, 0) is 25.8 Å². The monoisotopic (exact) mass is 459 g/mol. The van der Waals surface area contributed by atoms with Crippen molar-refractivity contribution in [2.45, 2.75) is 57.6 Å². The summed E-state index contributed by atoms with van der Waals surface area (Å²) in [5, 5.41) is 10.9. The Hall–Kier alpha value is -3.08. The minimum atomic E-state index is -2.79. The van der Waals surface area contributed by atoms with Gasteiger partial charge in [-0.25, -0.2) is 18.3 Å². The predicted octanol–water partition coefficient (Wildman–Crippen LogP) is 3.85. The molecule has 1 saturated carbocycles. The third kappa shape index (κ3) is 4.41. The summed E-state index contributed by atoms with van der Waals surface area (Å²) in [5.74, 6) is 0.167. The van der Waals surface area contributed by atoms with Crippen molar-refractivity contribution < 1.29 is 18.3 Å². The number of ether oxygens (including phenoxy) is 1. The van der Waals surface area contributed by atoms with Gasteiger partial charge in [0.2, 0.25) is 0 Å². The minimum absolute atomic E-state index is 0.0260. The smallest absolute Gasteiger partial charge is 0.284 e. The van der Waals surface area contributed by atoms with E-state index in [1.807, 2.05) is 13.0 Å². The molecule has 2 fully saturated rings. The number of morpholine rings is 1. The molecule has 5 rings (SSSR count). The average Bonchev–Trinajstić information content (AvgIpc) is 3.44. The molecule has 0 bridgehead atoms. The van der Waals surface area contributed by atoms with Gasteiger partial charge in [0, 0.05) is 25.5 Å². The number of nitrogens with zero attached hydrogens (tertiary/aromatic N) is 6. The van der Waals surface area contributed by atoms with Crippen molar-refractivity contribution in [1.82, 2.24) is 24.4 Å². The first-order valence-electron chi connectivity index (χ1n) is 11.4. The van der Waals surface area contributed by atoms with E-state index in [0.29, 0.717) is 31.2 Å². The molecule has 11 heteroatoms. The van der Waals surface area contributed by atoms with E-state index in [-0.39, 0.29) is 23.4 Å². The number of hydrogen-bond acceptors (Lipinski definition) is 6. The van der Waals surface area contributed by atoms with Gasteiger partial charge in [0.1, 0.15) is 11.4 Å². The quantitative estimate of drug-likeness (QED) is 0.624. The molecule has 1 aliphatic heterocycles. The predicted molar refractivity (Wildman–Crippen MR) is 118 cm³/mol. The second kappa shape index (κ2) is 9.05. The lowest BCUT2D eigenvalue weighted by Crippen LogP contribution is -2.41. The van der Waals surface area contributed by atoms with E-state index in [0.717, 1.165) is 32.1 Å². The lowest BCUT2D eigenvalue weighted by molar-refractivity contribution is 0.0529. The van der Waals surface area contributed by atoms with Gasteiger partial charge >= 0.3 is 0 Å². The molecule has 0 radical (unpaired) electrons. The molecule has 3 aromatic rings. The third-order valence-electron chi connectivity index (χ3n) is 6.33. The molecule has 1 saturated heterocycles. The van der Waals surface area contributed by atoms with Crippen LogP contribution in [0.25, 0.3) is 5.65 Å². The molecule has 1 atom stereocenters. The van der Waals surface area contributed by atoms with Gasteiger partial charge in [0.25, 0.3) is 12.3 Å². The molecule has 1 aliphatic carbocycles. The number of fused-ring (bicyclic) bond motifs is 1. The first-order valence-corrected chi connectivity index (χ1v) is 11.4. The highest BCUT2D eigenvalue weighted by Crippen LogP contribution is 2.32. The second-order valence-corrected chi connectivity index (χ2v) is 8.69. The van der Waals surface area contributed by atoms with E-state index in [1.165, 1.54) is 16.9 Å². The van der Waals surface area contributed by atoms with Crippen LogP contribution in [0.3, 0.4) is 0 Å². The van der Waals surface area contributed by atoms with Crippen LogP contribution in [0.4, 0.5) is 20.3 Å². The van der Waals surface area contributed by atoms with E-state index in [2.05, 4.69) is 25.4 Å². The van der Waals surface area contributed by atoms with Crippen molar-refractivity contribution in [1.29, 1.82) is 0 Å². The Balaban J connectivity index is 1.41. The number of amides is 1. The molecule has 1 unspecified atom stereocenters. The van der Waals surface area contributed by atoms with E-state index in [4.69, 9.17) is 4.74 Å². The Labute approximate surface area is 189 Å². The fourth-order valence-electron chi connectivity index (χ4n) is 4.61. The Morgan fingerprint density at radius 2 is 2.09 bits per heavy atom. The Morgan fingerprint density at radius 1 is 1.27 bits per heavy atom. The molecule has 176 valence electrons. The van der Waals surface area contributed by atoms with Crippen molar-refractivity contribution in [3.63, 3.8) is 0 Å². The van der Waals surface area contributed by atoms with Crippen LogP contribution < -0.4 is 10.2 Å². The molecule has 1 N–H and O–H groups in total. The molecule has 1 amide bonds. The summed E-state index contributed by atoms with van der Waals surface area (Å²) in [6.45, 7) is 3.98. The Morgan fingerprint density at radius 3 is 2.85 bits per heavy atom. The van der Waals surface area contributed by atoms with Gasteiger partial charge in [-0.2, -0.15) is 10.2 Å². The highest BCUT2D eigenvalue weighted by atomic mass is 19.3. The van der Waals surface area contributed by atoms with Gasteiger partial charge in [0.15, 0.2) is 11.3 Å². The molecule has 33 heavy (non-hydrogen) atoms. The fraction of sp³-hybridized carbons (Fsp3) is 0.545. The summed E-state index contributed by atoms with van der Waals surface area (Å²) in [7, 11) is 0. The highest BCUT2D eigenvalue weighted by Gasteiger charge is 2.26. The molecular formula is C22H27F2N7O2. The number of carbonyl (C=O) groups is 1. The van der Waals surface area contributed by atoms with Gasteiger partial charge in [-0.1, -0.05) is 19.3 Å². The lowest BCUT2D eigenvalue weighted by atomic mass is 9.96. The maximum Gasteiger partial charge on any atom is 0.284 e. The number of carbonyl (C=O) groups excluding carboxylic acids is 1. The highest BCUT2D eigenvalue weighted by molar-refractivity contribution is 6.08. The van der Waals surface area contributed by atoms with Crippen molar-refractivity contribution in [3.8, 4) is 0 Å². The van der Waals surface area contributed by atoms with Crippen LogP contribution in [-0.2, 0) is 4.74 Å². The average molecular weight is 460 g/mol. The normalized spacial score (nSPS) is 20.0. The largest absolute Gasteiger partial charge is 0.375 e. The van der Waals surface area contributed by atoms with Crippen LogP contribution >= 0.6 is 0 Å². The number of anilines is 2. The fourth-order valence-corrected chi connectivity index (χ4v) is 4.61. The zero-order valence-electron chi connectivity index (χ0n) is 18.5. The van der Waals surface area contributed by atoms with Crippen LogP contribution in [0, 0.1) is 0 Å². The summed E-state index contributed by atoms with van der Waals surface area (Å²) in [5.41, 5.74) is 0.186. The van der Waals surface area contributed by atoms with Crippen LogP contribution in [-0.4, -0.2) is 56.1 Å². The molecule has 0 spiro atoms. The topological polar surface area (TPSA) is 89.6 Å². The summed E-state index contributed by atoms with van der Waals surface area (Å²) in [4.78, 5) is 19.8. The molecule has 3 aromatic heterocycles. The zero-order valence-corrected chi connectivity index (χ0v) is 18.5. The van der Waals surface area contributed by atoms with Crippen LogP contribution in [0.1, 0.15) is 67.5 Å². The number of halogens is 2. The van der Waals surface area contributed by atoms with Crippen LogP contribution in [0.2, 0.25) is 0 Å². The maximum absolute atomic E-state index is 13.7. The van der Waals surface area contributed by atoms with Gasteiger partial charge < -0.3 is 15.0 Å². The standard InChI is InChI=1S/C22H27F2N7O2/c1-14-12-29(9-10-33-14)18-7-8-30-21(27-18)16(11-25-30)22(32)26-17-13-31(28-19(17)20(23)24)15-5-3-2-4-6-15/h7-8,11,13-15,20H,2-6,9-10,12H2,1H3,(H,26,32). The van der Waals surface area contributed by atoms with E-state index >= 15 is 0 Å². The molecular weight excluding hydrogens is 432 g/mol. The van der Waals surface area contributed by atoms with Crippen molar-refractivity contribution in [3.05, 3.63) is 35.9 Å².